The van der Waals surface area contributed by atoms with E-state index < -0.39 is 0 Å². The molecule has 0 aliphatic rings. The Kier molecular flexibility index (Phi) is 1.51. The molecule has 53 valence electrons. The van der Waals surface area contributed by atoms with Crippen LogP contribution in [0.3, 0.4) is 0 Å². The molecule has 0 spiro atoms. The Balaban J connectivity index is 2.83. The van der Waals surface area contributed by atoms with Crippen molar-refractivity contribution in [2.24, 2.45) is 0 Å². The van der Waals surface area contributed by atoms with E-state index in [2.05, 4.69) is 11.1 Å². The Morgan fingerprint density at radius 1 is 1.45 bits per heavy atom. The lowest BCUT2D eigenvalue weighted by Crippen LogP contribution is -1.74. The first kappa shape index (κ1) is 6.62. The maximum atomic E-state index is 5.76. The van der Waals surface area contributed by atoms with E-state index in [0.29, 0.717) is 5.02 Å². The van der Waals surface area contributed by atoms with Gasteiger partial charge in [0.1, 0.15) is 0 Å². The zero-order valence-electron chi connectivity index (χ0n) is 5.71. The molecule has 2 aromatic rings. The van der Waals surface area contributed by atoms with Crippen LogP contribution in [0, 0.1) is 6.07 Å². The van der Waals surface area contributed by atoms with Gasteiger partial charge >= 0.3 is 0 Å². The molecule has 1 nitrogen and oxygen atoms in total. The number of pyridine rings is 1. The topological polar surface area (TPSA) is 12.9 Å². The molecule has 0 aliphatic heterocycles. The third-order valence-electron chi connectivity index (χ3n) is 1.51. The van der Waals surface area contributed by atoms with Crippen molar-refractivity contribution in [1.29, 1.82) is 0 Å². The van der Waals surface area contributed by atoms with Gasteiger partial charge in [0.25, 0.3) is 0 Å². The van der Waals surface area contributed by atoms with E-state index in [9.17, 15) is 0 Å². The highest BCUT2D eigenvalue weighted by atomic mass is 35.5. The Labute approximate surface area is 69.6 Å². The number of halogens is 1. The number of hydrogen-bond acceptors (Lipinski definition) is 1. The van der Waals surface area contributed by atoms with Gasteiger partial charge < -0.3 is 0 Å². The van der Waals surface area contributed by atoms with Gasteiger partial charge in [-0.2, -0.15) is 0 Å². The lowest BCUT2D eigenvalue weighted by Gasteiger charge is -1.94. The lowest BCUT2D eigenvalue weighted by atomic mass is 10.2. The summed E-state index contributed by atoms with van der Waals surface area (Å²) in [5, 5.41) is 2.77. The van der Waals surface area contributed by atoms with E-state index in [-0.39, 0.29) is 0 Å². The van der Waals surface area contributed by atoms with Crippen molar-refractivity contribution >= 4 is 22.4 Å². The zero-order chi connectivity index (χ0) is 7.68. The summed E-state index contributed by atoms with van der Waals surface area (Å²) in [5.41, 5.74) is 0. The van der Waals surface area contributed by atoms with Crippen molar-refractivity contribution in [2.45, 2.75) is 0 Å². The van der Waals surface area contributed by atoms with Gasteiger partial charge in [0.2, 0.25) is 0 Å². The third kappa shape index (κ3) is 1.19. The molecule has 0 atom stereocenters. The third-order valence-corrected chi connectivity index (χ3v) is 1.73. The van der Waals surface area contributed by atoms with Crippen LogP contribution in [0.4, 0.5) is 0 Å². The normalized spacial score (nSPS) is 10.3. The van der Waals surface area contributed by atoms with Crippen LogP contribution >= 0.6 is 11.6 Å². The highest BCUT2D eigenvalue weighted by Crippen LogP contribution is 2.16. The molecule has 1 aromatic heterocycles. The van der Waals surface area contributed by atoms with Crippen molar-refractivity contribution in [3.05, 3.63) is 41.7 Å². The van der Waals surface area contributed by atoms with Crippen molar-refractivity contribution in [3.63, 3.8) is 0 Å². The molecule has 0 N–H and O–H groups in total. The predicted molar refractivity (Wildman–Crippen MR) is 45.6 cm³/mol. The van der Waals surface area contributed by atoms with Crippen LogP contribution < -0.4 is 0 Å². The van der Waals surface area contributed by atoms with Crippen LogP contribution in [0.1, 0.15) is 0 Å². The lowest BCUT2D eigenvalue weighted by molar-refractivity contribution is 1.36. The van der Waals surface area contributed by atoms with Gasteiger partial charge in [-0.25, -0.2) is 0 Å². The number of nitrogens with zero attached hydrogens (tertiary/aromatic N) is 1. The van der Waals surface area contributed by atoms with Crippen LogP contribution in [0.5, 0.6) is 0 Å². The van der Waals surface area contributed by atoms with E-state index in [0.717, 1.165) is 10.8 Å². The summed E-state index contributed by atoms with van der Waals surface area (Å²) in [6.07, 6.45) is 3.52. The van der Waals surface area contributed by atoms with Gasteiger partial charge in [0.05, 0.1) is 0 Å². The fraction of sp³-hybridized carbons (Fsp3) is 0. The maximum absolute atomic E-state index is 5.76. The van der Waals surface area contributed by atoms with Crippen molar-refractivity contribution in [2.75, 3.05) is 0 Å². The Morgan fingerprint density at radius 2 is 2.36 bits per heavy atom. The largest absolute Gasteiger partial charge is 0.264 e. The molecule has 0 saturated carbocycles. The quantitative estimate of drug-likeness (QED) is 0.581. The maximum Gasteiger partial charge on any atom is 0.0419 e. The van der Waals surface area contributed by atoms with E-state index in [1.54, 1.807) is 18.5 Å². The van der Waals surface area contributed by atoms with E-state index in [1.165, 1.54) is 0 Å². The first-order valence-electron chi connectivity index (χ1n) is 3.27. The summed E-state index contributed by atoms with van der Waals surface area (Å²) in [7, 11) is 0. The van der Waals surface area contributed by atoms with Gasteiger partial charge in [-0.15, -0.1) is 0 Å². The molecular formula is C9H5ClN. The smallest absolute Gasteiger partial charge is 0.0419 e. The molecule has 0 saturated heterocycles. The van der Waals surface area contributed by atoms with Crippen LogP contribution in [0.15, 0.2) is 30.6 Å². The second-order valence-corrected chi connectivity index (χ2v) is 2.72. The number of benzene rings is 1. The van der Waals surface area contributed by atoms with Crippen molar-refractivity contribution < 1.29 is 0 Å². The van der Waals surface area contributed by atoms with Crippen LogP contribution in [0.25, 0.3) is 10.8 Å². The fourth-order valence-electron chi connectivity index (χ4n) is 0.990. The molecule has 11 heavy (non-hydrogen) atoms. The molecule has 1 radical (unpaired) electrons. The molecular weight excluding hydrogens is 158 g/mol. The van der Waals surface area contributed by atoms with Crippen LogP contribution in [0.2, 0.25) is 5.02 Å². The van der Waals surface area contributed by atoms with Gasteiger partial charge in [-0.05, 0) is 29.7 Å². The van der Waals surface area contributed by atoms with Crippen molar-refractivity contribution in [3.8, 4) is 0 Å². The van der Waals surface area contributed by atoms with Gasteiger partial charge in [-0.1, -0.05) is 11.6 Å². The molecule has 0 aliphatic carbocycles. The predicted octanol–water partition coefficient (Wildman–Crippen LogP) is 2.69. The Hall–Kier alpha value is -1.08. The molecule has 1 heterocycles. The molecule has 2 heteroatoms. The van der Waals surface area contributed by atoms with Crippen LogP contribution in [-0.4, -0.2) is 4.98 Å². The summed E-state index contributed by atoms with van der Waals surface area (Å²) < 4.78 is 0. The summed E-state index contributed by atoms with van der Waals surface area (Å²) in [6.45, 7) is 0. The van der Waals surface area contributed by atoms with E-state index in [4.69, 9.17) is 11.6 Å². The summed E-state index contributed by atoms with van der Waals surface area (Å²) in [4.78, 5) is 3.98. The standard InChI is InChI=1S/C9H5ClN/c10-9-2-1-7-3-4-11-6-8(7)5-9/h2-6H. The minimum absolute atomic E-state index is 0.700. The molecule has 0 unspecified atom stereocenters. The second-order valence-electron chi connectivity index (χ2n) is 2.28. The summed E-state index contributed by atoms with van der Waals surface area (Å²) in [5.74, 6) is 0. The van der Waals surface area contributed by atoms with Crippen LogP contribution in [-0.2, 0) is 0 Å². The number of fused-ring (bicyclic) bond motifs is 1. The van der Waals surface area contributed by atoms with E-state index >= 15 is 0 Å². The molecule has 0 bridgehead atoms. The average Bonchev–Trinajstić information content (AvgIpc) is 2.04. The molecule has 1 aromatic carbocycles. The van der Waals surface area contributed by atoms with Gasteiger partial charge in [0, 0.05) is 22.8 Å². The zero-order valence-corrected chi connectivity index (χ0v) is 6.47. The average molecular weight is 163 g/mol. The Bertz CT molecular complexity index is 384. The SMILES string of the molecule is Clc1c[c]c2ccncc2c1. The molecule has 2 rings (SSSR count). The minimum atomic E-state index is 0.700. The molecule has 0 amide bonds. The van der Waals surface area contributed by atoms with Gasteiger partial charge in [-0.3, -0.25) is 4.98 Å². The first-order valence-corrected chi connectivity index (χ1v) is 3.65. The summed E-state index contributed by atoms with van der Waals surface area (Å²) in [6, 6.07) is 8.58. The fourth-order valence-corrected chi connectivity index (χ4v) is 1.16. The number of aromatic nitrogens is 1. The van der Waals surface area contributed by atoms with Crippen molar-refractivity contribution in [1.82, 2.24) is 4.98 Å². The molecule has 0 fully saturated rings. The van der Waals surface area contributed by atoms with E-state index in [1.807, 2.05) is 12.1 Å². The second kappa shape index (κ2) is 2.51. The number of rotatable bonds is 0. The summed E-state index contributed by atoms with van der Waals surface area (Å²) >= 11 is 5.76. The Morgan fingerprint density at radius 3 is 3.27 bits per heavy atom. The number of hydrogen-bond donors (Lipinski definition) is 0. The monoisotopic (exact) mass is 162 g/mol. The highest BCUT2D eigenvalue weighted by molar-refractivity contribution is 6.31. The highest BCUT2D eigenvalue weighted by Gasteiger charge is 1.92. The van der Waals surface area contributed by atoms with Gasteiger partial charge in [0.15, 0.2) is 0 Å². The first-order chi connectivity index (χ1) is 5.36. The minimum Gasteiger partial charge on any atom is -0.264 e.